The fraction of sp³-hybridized carbons (Fsp3) is 0.722. The molecule has 3 rings (SSSR count). The second-order valence-corrected chi connectivity index (χ2v) is 11.0. The minimum Gasteiger partial charge on any atom is -0.356 e. The van der Waals surface area contributed by atoms with Gasteiger partial charge in [-0.3, -0.25) is 0 Å². The third-order valence-electron chi connectivity index (χ3n) is 5.55. The number of hydrogen-bond donors (Lipinski definition) is 1. The number of sulfone groups is 1. The average molecular weight is 511 g/mol. The molecule has 1 N–H and O–H groups in total. The van der Waals surface area contributed by atoms with Gasteiger partial charge < -0.3 is 10.2 Å². The standard InChI is InChI=1S/C18H29N3O2S2.HI/c1-3-18(2)7-8-21(14-18)17(20-12-16-5-4-9-24-16)19-11-15-6-10-25(22,23)13-15;/h4-5,9,15H,3,6-8,10-14H2,1-2H3,(H,19,20);1H. The van der Waals surface area contributed by atoms with Crippen LogP contribution in [0.4, 0.5) is 0 Å². The fourth-order valence-electron chi connectivity index (χ4n) is 3.58. The molecule has 0 amide bonds. The number of halogens is 1. The topological polar surface area (TPSA) is 61.8 Å². The van der Waals surface area contributed by atoms with E-state index in [1.165, 1.54) is 17.7 Å². The molecular formula is C18H30IN3O2S2. The number of hydrogen-bond acceptors (Lipinski definition) is 4. The van der Waals surface area contributed by atoms with Crippen LogP contribution in [0, 0.1) is 11.3 Å². The summed E-state index contributed by atoms with van der Waals surface area (Å²) in [6.45, 7) is 8.01. The van der Waals surface area contributed by atoms with E-state index in [1.807, 2.05) is 0 Å². The number of nitrogens with one attached hydrogen (secondary N) is 1. The van der Waals surface area contributed by atoms with Gasteiger partial charge in [-0.15, -0.1) is 35.3 Å². The zero-order valence-corrected chi connectivity index (χ0v) is 19.6. The summed E-state index contributed by atoms with van der Waals surface area (Å²) in [4.78, 5) is 8.44. The maximum absolute atomic E-state index is 11.7. The summed E-state index contributed by atoms with van der Waals surface area (Å²) in [5.41, 5.74) is 0.349. The lowest BCUT2D eigenvalue weighted by Gasteiger charge is -2.26. The van der Waals surface area contributed by atoms with Crippen LogP contribution in [0.5, 0.6) is 0 Å². The number of rotatable bonds is 5. The molecule has 0 saturated carbocycles. The maximum Gasteiger partial charge on any atom is 0.194 e. The van der Waals surface area contributed by atoms with E-state index in [2.05, 4.69) is 41.6 Å². The Balaban J connectivity index is 0.00000243. The first-order chi connectivity index (χ1) is 11.9. The van der Waals surface area contributed by atoms with Gasteiger partial charge in [-0.1, -0.05) is 19.9 Å². The monoisotopic (exact) mass is 511 g/mol. The van der Waals surface area contributed by atoms with Crippen molar-refractivity contribution >= 4 is 51.1 Å². The molecule has 0 spiro atoms. The first-order valence-electron chi connectivity index (χ1n) is 9.15. The van der Waals surface area contributed by atoms with Crippen LogP contribution in [0.25, 0.3) is 0 Å². The van der Waals surface area contributed by atoms with Gasteiger partial charge in [0.2, 0.25) is 0 Å². The van der Waals surface area contributed by atoms with E-state index in [0.29, 0.717) is 30.0 Å². The van der Waals surface area contributed by atoms with Crippen LogP contribution in [0.2, 0.25) is 0 Å². The zero-order chi connectivity index (χ0) is 17.9. The van der Waals surface area contributed by atoms with Gasteiger partial charge in [-0.2, -0.15) is 0 Å². The summed E-state index contributed by atoms with van der Waals surface area (Å²) < 4.78 is 23.4. The van der Waals surface area contributed by atoms with Crippen molar-refractivity contribution in [1.29, 1.82) is 0 Å². The van der Waals surface area contributed by atoms with Gasteiger partial charge in [0.05, 0.1) is 18.1 Å². The minimum atomic E-state index is -2.82. The third kappa shape index (κ3) is 5.82. The smallest absolute Gasteiger partial charge is 0.194 e. The van der Waals surface area contributed by atoms with Gasteiger partial charge in [-0.25, -0.2) is 13.4 Å². The molecule has 0 aliphatic carbocycles. The molecule has 3 heterocycles. The molecule has 2 saturated heterocycles. The summed E-state index contributed by atoms with van der Waals surface area (Å²) in [5, 5.41) is 5.56. The molecular weight excluding hydrogens is 481 g/mol. The van der Waals surface area contributed by atoms with Crippen LogP contribution in [0.3, 0.4) is 0 Å². The summed E-state index contributed by atoms with van der Waals surface area (Å²) in [6, 6.07) is 4.16. The van der Waals surface area contributed by atoms with Gasteiger partial charge in [0, 0.05) is 24.5 Å². The van der Waals surface area contributed by atoms with Crippen molar-refractivity contribution in [3.63, 3.8) is 0 Å². The lowest BCUT2D eigenvalue weighted by molar-refractivity contribution is 0.321. The SMILES string of the molecule is CCC1(C)CCN(C(=NCc2cccs2)NCC2CCS(=O)(=O)C2)C1.I. The Morgan fingerprint density at radius 3 is 2.88 bits per heavy atom. The molecule has 0 aromatic carbocycles. The highest BCUT2D eigenvalue weighted by Gasteiger charge is 2.34. The van der Waals surface area contributed by atoms with E-state index in [9.17, 15) is 8.42 Å². The molecule has 1 aromatic heterocycles. The van der Waals surface area contributed by atoms with E-state index in [4.69, 9.17) is 4.99 Å². The molecule has 0 radical (unpaired) electrons. The van der Waals surface area contributed by atoms with Crippen molar-refractivity contribution in [3.8, 4) is 0 Å². The molecule has 2 fully saturated rings. The maximum atomic E-state index is 11.7. The van der Waals surface area contributed by atoms with Gasteiger partial charge >= 0.3 is 0 Å². The van der Waals surface area contributed by atoms with Crippen molar-refractivity contribution in [2.24, 2.45) is 16.3 Å². The van der Waals surface area contributed by atoms with Crippen LogP contribution in [-0.2, 0) is 16.4 Å². The Labute approximate surface area is 178 Å². The molecule has 26 heavy (non-hydrogen) atoms. The van der Waals surface area contributed by atoms with E-state index >= 15 is 0 Å². The Morgan fingerprint density at radius 2 is 2.31 bits per heavy atom. The van der Waals surface area contributed by atoms with Crippen molar-refractivity contribution in [2.75, 3.05) is 31.1 Å². The van der Waals surface area contributed by atoms with Crippen molar-refractivity contribution in [1.82, 2.24) is 10.2 Å². The Hall–Kier alpha value is -0.350. The lowest BCUT2D eigenvalue weighted by Crippen LogP contribution is -2.43. The van der Waals surface area contributed by atoms with Crippen LogP contribution in [0.15, 0.2) is 22.5 Å². The van der Waals surface area contributed by atoms with Crippen LogP contribution < -0.4 is 5.32 Å². The molecule has 1 aromatic rings. The first kappa shape index (κ1) is 21.9. The number of guanidine groups is 1. The molecule has 5 nitrogen and oxygen atoms in total. The number of nitrogens with zero attached hydrogens (tertiary/aromatic N) is 2. The molecule has 2 aliphatic heterocycles. The molecule has 8 heteroatoms. The van der Waals surface area contributed by atoms with E-state index in [0.717, 1.165) is 25.5 Å². The van der Waals surface area contributed by atoms with Crippen LogP contribution >= 0.6 is 35.3 Å². The highest BCUT2D eigenvalue weighted by molar-refractivity contribution is 14.0. The second kappa shape index (κ2) is 9.23. The van der Waals surface area contributed by atoms with E-state index in [1.54, 1.807) is 11.3 Å². The highest BCUT2D eigenvalue weighted by Crippen LogP contribution is 2.33. The Bertz CT molecular complexity index is 706. The summed E-state index contributed by atoms with van der Waals surface area (Å²) in [7, 11) is -2.82. The zero-order valence-electron chi connectivity index (χ0n) is 15.6. The predicted molar refractivity (Wildman–Crippen MR) is 120 cm³/mol. The number of aliphatic imine (C=N–C) groups is 1. The Morgan fingerprint density at radius 1 is 1.50 bits per heavy atom. The average Bonchev–Trinajstić information content (AvgIpc) is 3.29. The van der Waals surface area contributed by atoms with Crippen LogP contribution in [0.1, 0.15) is 38.0 Å². The molecule has 2 unspecified atom stereocenters. The normalized spacial score (nSPS) is 28.2. The molecule has 2 atom stereocenters. The highest BCUT2D eigenvalue weighted by atomic mass is 127. The summed E-state index contributed by atoms with van der Waals surface area (Å²) >= 11 is 1.72. The summed E-state index contributed by atoms with van der Waals surface area (Å²) in [5.74, 6) is 1.79. The van der Waals surface area contributed by atoms with E-state index < -0.39 is 9.84 Å². The van der Waals surface area contributed by atoms with Crippen molar-refractivity contribution in [2.45, 2.75) is 39.7 Å². The number of thiophene rings is 1. The van der Waals surface area contributed by atoms with Gasteiger partial charge in [0.15, 0.2) is 15.8 Å². The fourth-order valence-corrected chi connectivity index (χ4v) is 6.07. The summed E-state index contributed by atoms with van der Waals surface area (Å²) in [6.07, 6.45) is 3.11. The first-order valence-corrected chi connectivity index (χ1v) is 11.9. The quantitative estimate of drug-likeness (QED) is 0.374. The predicted octanol–water partition coefficient (Wildman–Crippen LogP) is 3.37. The third-order valence-corrected chi connectivity index (χ3v) is 8.25. The molecule has 0 bridgehead atoms. The van der Waals surface area contributed by atoms with Gasteiger partial charge in [-0.05, 0) is 42.0 Å². The molecule has 148 valence electrons. The number of likely N-dealkylation sites (tertiary alicyclic amines) is 1. The van der Waals surface area contributed by atoms with Gasteiger partial charge in [0.25, 0.3) is 0 Å². The molecule has 2 aliphatic rings. The minimum absolute atomic E-state index is 0. The van der Waals surface area contributed by atoms with Crippen molar-refractivity contribution < 1.29 is 8.42 Å². The van der Waals surface area contributed by atoms with Crippen molar-refractivity contribution in [3.05, 3.63) is 22.4 Å². The second-order valence-electron chi connectivity index (χ2n) is 7.70. The largest absolute Gasteiger partial charge is 0.356 e. The van der Waals surface area contributed by atoms with Crippen LogP contribution in [-0.4, -0.2) is 50.4 Å². The Kier molecular flexibility index (Phi) is 7.79. The van der Waals surface area contributed by atoms with Gasteiger partial charge in [0.1, 0.15) is 0 Å². The lowest BCUT2D eigenvalue weighted by atomic mass is 9.87. The van der Waals surface area contributed by atoms with E-state index in [-0.39, 0.29) is 29.9 Å².